The SMILES string of the molecule is COCCCN1CC(N)CC1(C)C. The first-order valence-electron chi connectivity index (χ1n) is 5.06. The van der Waals surface area contributed by atoms with Crippen molar-refractivity contribution in [3.63, 3.8) is 0 Å². The second-order valence-corrected chi connectivity index (χ2v) is 4.57. The highest BCUT2D eigenvalue weighted by atomic mass is 16.5. The van der Waals surface area contributed by atoms with Crippen molar-refractivity contribution < 1.29 is 4.74 Å². The molecule has 0 spiro atoms. The van der Waals surface area contributed by atoms with Gasteiger partial charge >= 0.3 is 0 Å². The number of hydrogen-bond acceptors (Lipinski definition) is 3. The molecule has 1 saturated heterocycles. The fourth-order valence-electron chi connectivity index (χ4n) is 2.16. The van der Waals surface area contributed by atoms with Crippen molar-refractivity contribution in [3.05, 3.63) is 0 Å². The predicted octanol–water partition coefficient (Wildman–Crippen LogP) is 0.834. The average Bonchev–Trinajstić information content (AvgIpc) is 2.25. The van der Waals surface area contributed by atoms with Gasteiger partial charge in [0.1, 0.15) is 0 Å². The lowest BCUT2D eigenvalue weighted by molar-refractivity contribution is 0.138. The number of rotatable bonds is 4. The summed E-state index contributed by atoms with van der Waals surface area (Å²) in [6, 6.07) is 0.359. The Morgan fingerprint density at radius 3 is 2.69 bits per heavy atom. The summed E-state index contributed by atoms with van der Waals surface area (Å²) >= 11 is 0. The van der Waals surface area contributed by atoms with E-state index >= 15 is 0 Å². The molecule has 0 radical (unpaired) electrons. The van der Waals surface area contributed by atoms with E-state index in [2.05, 4.69) is 18.7 Å². The summed E-state index contributed by atoms with van der Waals surface area (Å²) in [6.07, 6.45) is 2.21. The van der Waals surface area contributed by atoms with Crippen LogP contribution in [0.25, 0.3) is 0 Å². The lowest BCUT2D eigenvalue weighted by Crippen LogP contribution is -2.39. The van der Waals surface area contributed by atoms with Crippen molar-refractivity contribution in [1.29, 1.82) is 0 Å². The first-order valence-corrected chi connectivity index (χ1v) is 5.06. The summed E-state index contributed by atoms with van der Waals surface area (Å²) in [4.78, 5) is 2.47. The Morgan fingerprint density at radius 2 is 2.23 bits per heavy atom. The zero-order chi connectivity index (χ0) is 9.90. The highest BCUT2D eigenvalue weighted by molar-refractivity contribution is 4.94. The Hall–Kier alpha value is -0.120. The molecule has 0 bridgehead atoms. The predicted molar refractivity (Wildman–Crippen MR) is 54.7 cm³/mol. The number of ether oxygens (including phenoxy) is 1. The van der Waals surface area contributed by atoms with E-state index in [4.69, 9.17) is 10.5 Å². The van der Waals surface area contributed by atoms with Crippen molar-refractivity contribution >= 4 is 0 Å². The van der Waals surface area contributed by atoms with Crippen molar-refractivity contribution in [2.24, 2.45) is 5.73 Å². The third-order valence-electron chi connectivity index (χ3n) is 2.85. The Morgan fingerprint density at radius 1 is 1.54 bits per heavy atom. The van der Waals surface area contributed by atoms with Crippen molar-refractivity contribution in [1.82, 2.24) is 4.90 Å². The largest absolute Gasteiger partial charge is 0.385 e. The summed E-state index contributed by atoms with van der Waals surface area (Å²) in [5.41, 5.74) is 6.22. The van der Waals surface area contributed by atoms with Gasteiger partial charge in [-0.15, -0.1) is 0 Å². The second-order valence-electron chi connectivity index (χ2n) is 4.57. The molecule has 1 fully saturated rings. The summed E-state index contributed by atoms with van der Waals surface area (Å²) in [5.74, 6) is 0. The maximum atomic E-state index is 5.93. The van der Waals surface area contributed by atoms with Crippen molar-refractivity contribution in [2.75, 3.05) is 26.8 Å². The highest BCUT2D eigenvalue weighted by Crippen LogP contribution is 2.27. The van der Waals surface area contributed by atoms with Gasteiger partial charge in [0.05, 0.1) is 0 Å². The fraction of sp³-hybridized carbons (Fsp3) is 1.00. The van der Waals surface area contributed by atoms with Crippen molar-refractivity contribution in [3.8, 4) is 0 Å². The molecule has 0 aliphatic carbocycles. The normalized spacial score (nSPS) is 28.2. The molecule has 1 aliphatic heterocycles. The molecule has 0 aromatic rings. The van der Waals surface area contributed by atoms with Gasteiger partial charge in [0.15, 0.2) is 0 Å². The van der Waals surface area contributed by atoms with E-state index in [1.807, 2.05) is 0 Å². The highest BCUT2D eigenvalue weighted by Gasteiger charge is 2.35. The smallest absolute Gasteiger partial charge is 0.0474 e. The van der Waals surface area contributed by atoms with E-state index in [9.17, 15) is 0 Å². The van der Waals surface area contributed by atoms with Crippen LogP contribution in [-0.4, -0.2) is 43.3 Å². The van der Waals surface area contributed by atoms with Crippen LogP contribution in [0.2, 0.25) is 0 Å². The number of nitrogens with two attached hydrogens (primary N) is 1. The van der Waals surface area contributed by atoms with E-state index in [1.54, 1.807) is 7.11 Å². The molecule has 0 saturated carbocycles. The van der Waals surface area contributed by atoms with Crippen LogP contribution >= 0.6 is 0 Å². The fourth-order valence-corrected chi connectivity index (χ4v) is 2.16. The Kier molecular flexibility index (Phi) is 3.71. The van der Waals surface area contributed by atoms with Crippen LogP contribution in [0, 0.1) is 0 Å². The van der Waals surface area contributed by atoms with Crippen LogP contribution in [0.15, 0.2) is 0 Å². The van der Waals surface area contributed by atoms with Crippen LogP contribution in [0.1, 0.15) is 26.7 Å². The van der Waals surface area contributed by atoms with E-state index < -0.39 is 0 Å². The molecule has 78 valence electrons. The van der Waals surface area contributed by atoms with Crippen LogP contribution in [-0.2, 0) is 4.74 Å². The maximum Gasteiger partial charge on any atom is 0.0474 e. The van der Waals surface area contributed by atoms with Crippen LogP contribution < -0.4 is 5.73 Å². The molecule has 0 aromatic carbocycles. The quantitative estimate of drug-likeness (QED) is 0.661. The van der Waals surface area contributed by atoms with Crippen molar-refractivity contribution in [2.45, 2.75) is 38.3 Å². The number of likely N-dealkylation sites (tertiary alicyclic amines) is 1. The van der Waals surface area contributed by atoms with Gasteiger partial charge in [0, 0.05) is 38.4 Å². The monoisotopic (exact) mass is 186 g/mol. The third kappa shape index (κ3) is 2.93. The van der Waals surface area contributed by atoms with E-state index in [1.165, 1.54) is 0 Å². The molecular weight excluding hydrogens is 164 g/mol. The molecule has 3 nitrogen and oxygen atoms in total. The molecular formula is C10H22N2O. The zero-order valence-electron chi connectivity index (χ0n) is 9.05. The topological polar surface area (TPSA) is 38.5 Å². The van der Waals surface area contributed by atoms with Gasteiger partial charge in [-0.3, -0.25) is 4.90 Å². The Bertz CT molecular complexity index is 159. The Balaban J connectivity index is 2.32. The lowest BCUT2D eigenvalue weighted by atomic mass is 10.0. The first-order chi connectivity index (χ1) is 6.06. The standard InChI is InChI=1S/C10H22N2O/c1-10(2)7-9(11)8-12(10)5-4-6-13-3/h9H,4-8,11H2,1-3H3. The first kappa shape index (κ1) is 11.0. The average molecular weight is 186 g/mol. The van der Waals surface area contributed by atoms with Crippen LogP contribution in [0.3, 0.4) is 0 Å². The maximum absolute atomic E-state index is 5.93. The van der Waals surface area contributed by atoms with E-state index in [0.717, 1.165) is 32.5 Å². The summed E-state index contributed by atoms with van der Waals surface area (Å²) in [6.45, 7) is 7.53. The third-order valence-corrected chi connectivity index (χ3v) is 2.85. The molecule has 1 unspecified atom stereocenters. The molecule has 2 N–H and O–H groups in total. The molecule has 1 heterocycles. The number of nitrogens with zero attached hydrogens (tertiary/aromatic N) is 1. The second kappa shape index (κ2) is 4.40. The van der Waals surface area contributed by atoms with E-state index in [-0.39, 0.29) is 5.54 Å². The molecule has 1 atom stereocenters. The number of hydrogen-bond donors (Lipinski definition) is 1. The Labute approximate surface area is 81.2 Å². The zero-order valence-corrected chi connectivity index (χ0v) is 9.05. The van der Waals surface area contributed by atoms with Gasteiger partial charge < -0.3 is 10.5 Å². The van der Waals surface area contributed by atoms with Gasteiger partial charge in [-0.1, -0.05) is 0 Å². The summed E-state index contributed by atoms with van der Waals surface area (Å²) in [7, 11) is 1.75. The summed E-state index contributed by atoms with van der Waals surface area (Å²) in [5, 5.41) is 0. The van der Waals surface area contributed by atoms with Gasteiger partial charge in [0.2, 0.25) is 0 Å². The molecule has 0 aromatic heterocycles. The van der Waals surface area contributed by atoms with Crippen LogP contribution in [0.4, 0.5) is 0 Å². The lowest BCUT2D eigenvalue weighted by Gasteiger charge is -2.31. The summed E-state index contributed by atoms with van der Waals surface area (Å²) < 4.78 is 5.04. The van der Waals surface area contributed by atoms with E-state index in [0.29, 0.717) is 6.04 Å². The van der Waals surface area contributed by atoms with Gasteiger partial charge in [-0.25, -0.2) is 0 Å². The van der Waals surface area contributed by atoms with Gasteiger partial charge in [0.25, 0.3) is 0 Å². The minimum atomic E-state index is 0.285. The van der Waals surface area contributed by atoms with Gasteiger partial charge in [-0.05, 0) is 26.7 Å². The molecule has 13 heavy (non-hydrogen) atoms. The van der Waals surface area contributed by atoms with Crippen LogP contribution in [0.5, 0.6) is 0 Å². The molecule has 0 amide bonds. The molecule has 1 rings (SSSR count). The molecule has 1 aliphatic rings. The number of methoxy groups -OCH3 is 1. The van der Waals surface area contributed by atoms with Gasteiger partial charge in [-0.2, -0.15) is 0 Å². The molecule has 3 heteroatoms. The minimum absolute atomic E-state index is 0.285. The minimum Gasteiger partial charge on any atom is -0.385 e.